The molecule has 1 amide bonds. The molecule has 5 nitrogen and oxygen atoms in total. The molecule has 1 aromatic carbocycles. The fourth-order valence-electron chi connectivity index (χ4n) is 2.44. The van der Waals surface area contributed by atoms with Crippen molar-refractivity contribution in [3.63, 3.8) is 0 Å². The van der Waals surface area contributed by atoms with Gasteiger partial charge in [-0.1, -0.05) is 31.5 Å². The van der Waals surface area contributed by atoms with E-state index in [2.05, 4.69) is 10.3 Å². The number of aromatic nitrogens is 1. The molecular weight excluding hydrogens is 304 g/mol. The molecule has 0 fully saturated rings. The Morgan fingerprint density at radius 3 is 2.55 bits per heavy atom. The van der Waals surface area contributed by atoms with Crippen molar-refractivity contribution < 1.29 is 14.7 Å². The number of aliphatic carboxylic acids is 1. The normalized spacial score (nSPS) is 11.6. The molecule has 0 aliphatic carbocycles. The summed E-state index contributed by atoms with van der Waals surface area (Å²) in [4.78, 5) is 26.7. The van der Waals surface area contributed by atoms with Crippen LogP contribution in [0.5, 0.6) is 0 Å². The average molecular weight is 323 g/mol. The van der Waals surface area contributed by atoms with E-state index >= 15 is 0 Å². The van der Waals surface area contributed by atoms with Gasteiger partial charge in [-0.25, -0.2) is 0 Å². The van der Waals surface area contributed by atoms with E-state index in [-0.39, 0.29) is 12.5 Å². The van der Waals surface area contributed by atoms with Crippen LogP contribution < -0.4 is 5.32 Å². The van der Waals surface area contributed by atoms with Crippen LogP contribution in [0.25, 0.3) is 10.9 Å². The van der Waals surface area contributed by atoms with E-state index in [0.29, 0.717) is 23.6 Å². The van der Waals surface area contributed by atoms with Crippen LogP contribution in [0.1, 0.15) is 37.2 Å². The van der Waals surface area contributed by atoms with E-state index in [4.69, 9.17) is 11.6 Å². The maximum absolute atomic E-state index is 12.2. The van der Waals surface area contributed by atoms with E-state index in [0.717, 1.165) is 10.9 Å². The van der Waals surface area contributed by atoms with Crippen LogP contribution in [0, 0.1) is 5.41 Å². The molecule has 0 atom stereocenters. The fourth-order valence-corrected chi connectivity index (χ4v) is 2.62. The Labute approximate surface area is 133 Å². The summed E-state index contributed by atoms with van der Waals surface area (Å²) in [7, 11) is 0. The number of hydrogen-bond acceptors (Lipinski definition) is 2. The molecule has 0 bridgehead atoms. The second-order valence-electron chi connectivity index (χ2n) is 5.39. The van der Waals surface area contributed by atoms with Gasteiger partial charge in [-0.2, -0.15) is 0 Å². The van der Waals surface area contributed by atoms with Gasteiger partial charge in [-0.05, 0) is 31.0 Å². The van der Waals surface area contributed by atoms with Crippen LogP contribution in [0.3, 0.4) is 0 Å². The minimum absolute atomic E-state index is 0.101. The third-order valence-corrected chi connectivity index (χ3v) is 4.46. The van der Waals surface area contributed by atoms with Gasteiger partial charge in [0.1, 0.15) is 5.69 Å². The number of halogens is 1. The third kappa shape index (κ3) is 3.09. The zero-order valence-electron chi connectivity index (χ0n) is 12.6. The molecule has 0 radical (unpaired) electrons. The molecule has 0 spiro atoms. The Hall–Kier alpha value is -2.01. The van der Waals surface area contributed by atoms with Crippen LogP contribution in [-0.4, -0.2) is 28.5 Å². The molecule has 118 valence electrons. The van der Waals surface area contributed by atoms with Crippen molar-refractivity contribution in [2.24, 2.45) is 5.41 Å². The summed E-state index contributed by atoms with van der Waals surface area (Å²) in [5.74, 6) is -1.21. The first-order chi connectivity index (χ1) is 10.4. The van der Waals surface area contributed by atoms with Crippen molar-refractivity contribution in [3.8, 4) is 0 Å². The summed E-state index contributed by atoms with van der Waals surface area (Å²) in [5, 5.41) is 13.6. The van der Waals surface area contributed by atoms with Gasteiger partial charge >= 0.3 is 5.97 Å². The molecule has 0 unspecified atom stereocenters. The number of benzene rings is 1. The van der Waals surface area contributed by atoms with Crippen LogP contribution >= 0.6 is 11.6 Å². The first kappa shape index (κ1) is 16.4. The van der Waals surface area contributed by atoms with E-state index in [1.807, 2.05) is 19.9 Å². The van der Waals surface area contributed by atoms with Crippen molar-refractivity contribution in [1.82, 2.24) is 10.3 Å². The van der Waals surface area contributed by atoms with E-state index in [9.17, 15) is 14.7 Å². The highest BCUT2D eigenvalue weighted by Crippen LogP contribution is 2.26. The van der Waals surface area contributed by atoms with E-state index in [1.165, 1.54) is 0 Å². The Bertz CT molecular complexity index is 704. The van der Waals surface area contributed by atoms with Crippen LogP contribution in [0.4, 0.5) is 0 Å². The summed E-state index contributed by atoms with van der Waals surface area (Å²) in [6, 6.07) is 7.04. The van der Waals surface area contributed by atoms with Gasteiger partial charge in [0.15, 0.2) is 0 Å². The fraction of sp³-hybridized carbons (Fsp3) is 0.375. The molecular formula is C16H19ClN2O3. The average Bonchev–Trinajstić information content (AvgIpc) is 2.91. The first-order valence-electron chi connectivity index (χ1n) is 7.21. The first-order valence-corrected chi connectivity index (χ1v) is 7.59. The van der Waals surface area contributed by atoms with E-state index < -0.39 is 11.4 Å². The van der Waals surface area contributed by atoms with E-state index in [1.54, 1.807) is 18.2 Å². The zero-order chi connectivity index (χ0) is 16.3. The molecule has 22 heavy (non-hydrogen) atoms. The Morgan fingerprint density at radius 2 is 1.95 bits per heavy atom. The number of hydrogen-bond donors (Lipinski definition) is 3. The second-order valence-corrected chi connectivity index (χ2v) is 5.83. The van der Waals surface area contributed by atoms with Crippen molar-refractivity contribution in [3.05, 3.63) is 35.0 Å². The van der Waals surface area contributed by atoms with Crippen molar-refractivity contribution in [2.45, 2.75) is 26.7 Å². The number of carboxylic acid groups (broad SMARTS) is 1. The van der Waals surface area contributed by atoms with Gasteiger partial charge in [-0.3, -0.25) is 9.59 Å². The summed E-state index contributed by atoms with van der Waals surface area (Å²) in [6.45, 7) is 3.73. The topological polar surface area (TPSA) is 82.2 Å². The number of carbonyl (C=O) groups is 2. The zero-order valence-corrected chi connectivity index (χ0v) is 13.3. The lowest BCUT2D eigenvalue weighted by Crippen LogP contribution is -2.42. The summed E-state index contributed by atoms with van der Waals surface area (Å²) in [5.41, 5.74) is 0.238. The number of nitrogens with one attached hydrogen (secondary N) is 2. The van der Waals surface area contributed by atoms with Crippen molar-refractivity contribution in [1.29, 1.82) is 0 Å². The SMILES string of the molecule is CCC(CC)(CNC(=O)c1cc2ccc(Cl)cc2[nH]1)C(=O)O. The highest BCUT2D eigenvalue weighted by atomic mass is 35.5. The van der Waals surface area contributed by atoms with Gasteiger partial charge in [-0.15, -0.1) is 0 Å². The third-order valence-electron chi connectivity index (χ3n) is 4.22. The largest absolute Gasteiger partial charge is 0.481 e. The Kier molecular flexibility index (Phi) is 4.76. The molecule has 0 saturated heterocycles. The number of H-pyrrole nitrogens is 1. The molecule has 1 heterocycles. The van der Waals surface area contributed by atoms with Gasteiger partial charge in [0.2, 0.25) is 0 Å². The highest BCUT2D eigenvalue weighted by Gasteiger charge is 2.35. The Morgan fingerprint density at radius 1 is 1.27 bits per heavy atom. The molecule has 1 aromatic heterocycles. The van der Waals surface area contributed by atoms with Crippen LogP contribution in [-0.2, 0) is 4.79 Å². The lowest BCUT2D eigenvalue weighted by molar-refractivity contribution is -0.149. The van der Waals surface area contributed by atoms with Crippen molar-refractivity contribution >= 4 is 34.4 Å². The smallest absolute Gasteiger partial charge is 0.311 e. The standard InChI is InChI=1S/C16H19ClN2O3/c1-3-16(4-2,15(21)22)9-18-14(20)13-7-10-5-6-11(17)8-12(10)19-13/h5-8,19H,3-4,9H2,1-2H3,(H,18,20)(H,21,22). The predicted octanol–water partition coefficient (Wildman–Crippen LogP) is 3.44. The van der Waals surface area contributed by atoms with Gasteiger partial charge in [0, 0.05) is 22.5 Å². The lowest BCUT2D eigenvalue weighted by atomic mass is 9.82. The predicted molar refractivity (Wildman–Crippen MR) is 86.3 cm³/mol. The maximum atomic E-state index is 12.2. The number of carboxylic acids is 1. The molecule has 2 rings (SSSR count). The van der Waals surface area contributed by atoms with Crippen molar-refractivity contribution in [2.75, 3.05) is 6.54 Å². The Balaban J connectivity index is 2.15. The minimum Gasteiger partial charge on any atom is -0.481 e. The molecule has 3 N–H and O–H groups in total. The highest BCUT2D eigenvalue weighted by molar-refractivity contribution is 6.31. The molecule has 0 aliphatic heterocycles. The molecule has 6 heteroatoms. The van der Waals surface area contributed by atoms with Crippen LogP contribution in [0.2, 0.25) is 5.02 Å². The summed E-state index contributed by atoms with van der Waals surface area (Å²) in [6.07, 6.45) is 0.919. The van der Waals surface area contributed by atoms with Crippen LogP contribution in [0.15, 0.2) is 24.3 Å². The van der Waals surface area contributed by atoms with Gasteiger partial charge in [0.25, 0.3) is 5.91 Å². The number of carbonyl (C=O) groups excluding carboxylic acids is 1. The number of rotatable bonds is 6. The minimum atomic E-state index is -0.926. The quantitative estimate of drug-likeness (QED) is 0.762. The van der Waals surface area contributed by atoms with Gasteiger partial charge in [0.05, 0.1) is 5.41 Å². The lowest BCUT2D eigenvalue weighted by Gasteiger charge is -2.26. The maximum Gasteiger partial charge on any atom is 0.311 e. The molecule has 0 aliphatic rings. The number of fused-ring (bicyclic) bond motifs is 1. The summed E-state index contributed by atoms with van der Waals surface area (Å²) < 4.78 is 0. The summed E-state index contributed by atoms with van der Waals surface area (Å²) >= 11 is 5.92. The molecule has 0 saturated carbocycles. The number of aromatic amines is 1. The monoisotopic (exact) mass is 322 g/mol. The number of amides is 1. The van der Waals surface area contributed by atoms with Gasteiger partial charge < -0.3 is 15.4 Å². The molecule has 2 aromatic rings. The second kappa shape index (κ2) is 6.40.